The van der Waals surface area contributed by atoms with Gasteiger partial charge in [0.25, 0.3) is 0 Å². The first-order chi connectivity index (χ1) is 23.9. The molecule has 266 valence electrons. The number of aliphatic hydroxyl groups excluding tert-OH is 1. The Morgan fingerprint density at radius 2 is 1.38 bits per heavy atom. The largest absolute Gasteiger partial charge is 0.465 e. The highest BCUT2D eigenvalue weighted by molar-refractivity contribution is 9.10. The number of Topliss-reactive ketones (excluding diaryl/α,β-unsaturated/α-hetero) is 1. The van der Waals surface area contributed by atoms with E-state index in [2.05, 4.69) is 50.1 Å². The molecule has 0 spiro atoms. The molecule has 0 radical (unpaired) electrons. The molecule has 3 aromatic heterocycles. The van der Waals surface area contributed by atoms with Gasteiger partial charge < -0.3 is 29.4 Å². The van der Waals surface area contributed by atoms with Gasteiger partial charge in [-0.15, -0.1) is 11.3 Å². The highest BCUT2D eigenvalue weighted by Gasteiger charge is 2.17. The van der Waals surface area contributed by atoms with Gasteiger partial charge in [0.05, 0.1) is 35.9 Å². The first-order valence-electron chi connectivity index (χ1n) is 15.1. The summed E-state index contributed by atoms with van der Waals surface area (Å²) in [6, 6.07) is 17.3. The lowest BCUT2D eigenvalue weighted by molar-refractivity contribution is 0.0592. The molecule has 0 saturated heterocycles. The summed E-state index contributed by atoms with van der Waals surface area (Å²) in [5.74, 6) is 0.767. The normalized spacial score (nSPS) is 10.6. The van der Waals surface area contributed by atoms with Crippen molar-refractivity contribution in [3.05, 3.63) is 99.4 Å². The van der Waals surface area contributed by atoms with Crippen LogP contribution in [0.15, 0.2) is 69.7 Å². The minimum atomic E-state index is -0.398. The second-order valence-electron chi connectivity index (χ2n) is 10.0. The van der Waals surface area contributed by atoms with Gasteiger partial charge in [0.15, 0.2) is 5.78 Å². The predicted molar refractivity (Wildman–Crippen MR) is 199 cm³/mol. The fourth-order valence-corrected chi connectivity index (χ4v) is 5.35. The Labute approximate surface area is 308 Å². The third kappa shape index (κ3) is 11.8. The quantitative estimate of drug-likeness (QED) is 0.0665. The van der Waals surface area contributed by atoms with Crippen molar-refractivity contribution in [1.29, 1.82) is 0 Å². The summed E-state index contributed by atoms with van der Waals surface area (Å²) in [6.07, 6.45) is 1.61. The molecule has 3 N–H and O–H groups in total. The number of nitrogens with zero attached hydrogens (tertiary/aromatic N) is 3. The van der Waals surface area contributed by atoms with Crippen LogP contribution in [-0.4, -0.2) is 69.3 Å². The van der Waals surface area contributed by atoms with Crippen molar-refractivity contribution in [3.8, 4) is 22.0 Å². The van der Waals surface area contributed by atoms with Crippen molar-refractivity contribution >= 4 is 62.2 Å². The summed E-state index contributed by atoms with van der Waals surface area (Å²) in [5, 5.41) is 15.4. The molecule has 50 heavy (non-hydrogen) atoms. The Balaban J connectivity index is 0.000000278. The van der Waals surface area contributed by atoms with Crippen molar-refractivity contribution in [3.63, 3.8) is 0 Å². The van der Waals surface area contributed by atoms with Crippen LogP contribution in [0.5, 0.6) is 0 Å². The zero-order valence-corrected chi connectivity index (χ0v) is 31.9. The lowest BCUT2D eigenvalue weighted by Gasteiger charge is -2.06. The number of carbonyl (C=O) groups is 3. The number of thiazole rings is 1. The van der Waals surface area contributed by atoms with Crippen LogP contribution in [0.2, 0.25) is 0 Å². The number of carbonyl (C=O) groups excluding carboxylic acids is 3. The van der Waals surface area contributed by atoms with E-state index in [1.807, 2.05) is 32.0 Å². The SMILES string of the molecule is CCC(Br)C(=O)c1ccc(C(=O)OC)cc1.CCc1sc(-c2cc(C)on2)nc1-c1ccc(C(=O)OC)cc1.CO.Cc1cc(C(N)=S)no1. The maximum Gasteiger partial charge on any atom is 0.337 e. The van der Waals surface area contributed by atoms with Crippen LogP contribution in [0.1, 0.15) is 73.4 Å². The number of hydrogen-bond donors (Lipinski definition) is 2. The Morgan fingerprint density at radius 1 is 0.880 bits per heavy atom. The fourth-order valence-electron chi connectivity index (χ4n) is 4.01. The second-order valence-corrected chi connectivity index (χ2v) is 12.7. The number of halogens is 1. The van der Waals surface area contributed by atoms with Crippen LogP contribution >= 0.6 is 39.5 Å². The zero-order valence-electron chi connectivity index (χ0n) is 28.7. The second kappa shape index (κ2) is 20.8. The number of ether oxygens (including phenoxy) is 2. The molecule has 15 heteroatoms. The van der Waals surface area contributed by atoms with Gasteiger partial charge in [-0.25, -0.2) is 14.6 Å². The van der Waals surface area contributed by atoms with E-state index in [1.54, 1.807) is 60.7 Å². The van der Waals surface area contributed by atoms with Gasteiger partial charge in [0.1, 0.15) is 32.9 Å². The van der Waals surface area contributed by atoms with Crippen molar-refractivity contribution in [2.24, 2.45) is 5.73 Å². The van der Waals surface area contributed by atoms with Gasteiger partial charge in [0, 0.05) is 35.2 Å². The molecule has 0 aliphatic rings. The third-order valence-electron chi connectivity index (χ3n) is 6.56. The Bertz CT molecular complexity index is 1850. The number of aliphatic hydroxyl groups is 1. The molecule has 1 atom stereocenters. The molecule has 0 amide bonds. The van der Waals surface area contributed by atoms with E-state index in [9.17, 15) is 14.4 Å². The lowest BCUT2D eigenvalue weighted by Crippen LogP contribution is -2.13. The lowest BCUT2D eigenvalue weighted by atomic mass is 10.1. The highest BCUT2D eigenvalue weighted by Crippen LogP contribution is 2.34. The van der Waals surface area contributed by atoms with E-state index in [-0.39, 0.29) is 21.6 Å². The fraction of sp³-hybridized carbons (Fsp3) is 0.286. The van der Waals surface area contributed by atoms with Crippen LogP contribution in [0.3, 0.4) is 0 Å². The topological polar surface area (TPSA) is 181 Å². The average Bonchev–Trinajstić information content (AvgIpc) is 3.91. The molecular formula is C35H39BrN4O8S2. The first kappa shape index (κ1) is 41.6. The Kier molecular flexibility index (Phi) is 17.3. The molecule has 5 aromatic rings. The van der Waals surface area contributed by atoms with Crippen LogP contribution in [0.25, 0.3) is 22.0 Å². The van der Waals surface area contributed by atoms with Crippen molar-refractivity contribution in [2.45, 2.75) is 45.4 Å². The average molecular weight is 788 g/mol. The molecule has 0 fully saturated rings. The number of thiocarbonyl (C=S) groups is 1. The maximum atomic E-state index is 11.8. The summed E-state index contributed by atoms with van der Waals surface area (Å²) >= 11 is 9.54. The van der Waals surface area contributed by atoms with Crippen LogP contribution in [0, 0.1) is 13.8 Å². The predicted octanol–water partition coefficient (Wildman–Crippen LogP) is 7.18. The van der Waals surface area contributed by atoms with Gasteiger partial charge in [0.2, 0.25) is 0 Å². The summed E-state index contributed by atoms with van der Waals surface area (Å²) in [6.45, 7) is 7.67. The highest BCUT2D eigenvalue weighted by atomic mass is 79.9. The van der Waals surface area contributed by atoms with E-state index in [1.165, 1.54) is 19.1 Å². The van der Waals surface area contributed by atoms with Crippen molar-refractivity contribution < 1.29 is 38.0 Å². The van der Waals surface area contributed by atoms with E-state index in [4.69, 9.17) is 29.6 Å². The number of nitrogens with two attached hydrogens (primary N) is 1. The number of rotatable bonds is 9. The van der Waals surface area contributed by atoms with Crippen molar-refractivity contribution in [1.82, 2.24) is 15.3 Å². The number of hydrogen-bond acceptors (Lipinski definition) is 13. The number of aromatic nitrogens is 3. The molecule has 3 heterocycles. The smallest absolute Gasteiger partial charge is 0.337 e. The number of methoxy groups -OCH3 is 2. The summed E-state index contributed by atoms with van der Waals surface area (Å²) in [4.78, 5) is 40.4. The number of esters is 2. The molecule has 12 nitrogen and oxygen atoms in total. The van der Waals surface area contributed by atoms with Crippen LogP contribution < -0.4 is 5.73 Å². The Morgan fingerprint density at radius 3 is 1.78 bits per heavy atom. The molecule has 5 rings (SSSR count). The zero-order chi connectivity index (χ0) is 37.4. The first-order valence-corrected chi connectivity index (χ1v) is 17.2. The van der Waals surface area contributed by atoms with E-state index < -0.39 is 5.97 Å². The molecule has 0 aliphatic heterocycles. The maximum absolute atomic E-state index is 11.8. The minimum absolute atomic E-state index is 0.0268. The molecule has 0 bridgehead atoms. The van der Waals surface area contributed by atoms with E-state index in [0.29, 0.717) is 22.4 Å². The van der Waals surface area contributed by atoms with Crippen molar-refractivity contribution in [2.75, 3.05) is 21.3 Å². The number of alkyl halides is 1. The molecular weight excluding hydrogens is 748 g/mol. The summed E-state index contributed by atoms with van der Waals surface area (Å²) < 4.78 is 19.1. The van der Waals surface area contributed by atoms with E-state index >= 15 is 0 Å². The number of aryl methyl sites for hydroxylation is 3. The van der Waals surface area contributed by atoms with Gasteiger partial charge >= 0.3 is 11.9 Å². The van der Waals surface area contributed by atoms with Gasteiger partial charge in [-0.05, 0) is 51.0 Å². The van der Waals surface area contributed by atoms with E-state index in [0.717, 1.165) is 53.4 Å². The minimum Gasteiger partial charge on any atom is -0.465 e. The van der Waals surface area contributed by atoms with Gasteiger partial charge in [-0.2, -0.15) is 0 Å². The van der Waals surface area contributed by atoms with Gasteiger partial charge in [-0.3, -0.25) is 4.79 Å². The van der Waals surface area contributed by atoms with Crippen LogP contribution in [-0.2, 0) is 15.9 Å². The number of benzene rings is 2. The monoisotopic (exact) mass is 786 g/mol. The number of ketones is 1. The third-order valence-corrected chi connectivity index (χ3v) is 9.05. The summed E-state index contributed by atoms with van der Waals surface area (Å²) in [5.41, 5.74) is 9.98. The molecule has 2 aromatic carbocycles. The molecule has 0 saturated carbocycles. The summed E-state index contributed by atoms with van der Waals surface area (Å²) in [7, 11) is 3.70. The standard InChI is InChI=1S/C17H16N2O3S.C12H13BrO3.C5H6N2OS.CH4O/c1-4-14-15(11-5-7-12(8-6-11)17(20)21-3)18-16(23-14)13-9-10(2)22-19-13;1-3-10(13)11(14)8-4-6-9(7-5-8)12(15)16-2;1-3-2-4(5(6)9)7-8-3;1-2/h5-9H,4H2,1-3H3;4-7,10H,3H2,1-2H3;2H,1H3,(H2,6,9);2H,1H3. The molecule has 1 unspecified atom stereocenters. The Hall–Kier alpha value is -4.57. The molecule has 0 aliphatic carbocycles. The van der Waals surface area contributed by atoms with Gasteiger partial charge in [-0.1, -0.05) is 76.6 Å². The van der Waals surface area contributed by atoms with Crippen LogP contribution in [0.4, 0.5) is 0 Å².